The molecular weight excluding hydrogens is 535 g/mol. The number of anilines is 3. The van der Waals surface area contributed by atoms with E-state index in [2.05, 4.69) is 15.7 Å². The predicted molar refractivity (Wildman–Crippen MR) is 147 cm³/mol. The summed E-state index contributed by atoms with van der Waals surface area (Å²) in [6, 6.07) is 16.8. The van der Waals surface area contributed by atoms with Gasteiger partial charge in [0.05, 0.1) is 11.9 Å². The fraction of sp³-hybridized carbons (Fsp3) is 0.100. The van der Waals surface area contributed by atoms with Gasteiger partial charge in [0.25, 0.3) is 0 Å². The highest BCUT2D eigenvalue weighted by molar-refractivity contribution is 6.16. The summed E-state index contributed by atoms with van der Waals surface area (Å²) in [5.41, 5.74) is 6.73. The van der Waals surface area contributed by atoms with Crippen molar-refractivity contribution in [3.63, 3.8) is 0 Å². The third-order valence-corrected chi connectivity index (χ3v) is 6.96. The Morgan fingerprint density at radius 3 is 2.22 bits per heavy atom. The topological polar surface area (TPSA) is 111 Å². The number of carbonyl (C=O) groups is 2. The van der Waals surface area contributed by atoms with Crippen molar-refractivity contribution in [2.24, 2.45) is 5.41 Å². The van der Waals surface area contributed by atoms with E-state index in [9.17, 15) is 18.4 Å². The first-order valence-corrected chi connectivity index (χ1v) is 12.6. The molecule has 5 aromatic rings. The third-order valence-electron chi connectivity index (χ3n) is 6.96. The lowest BCUT2D eigenvalue weighted by atomic mass is 10.0. The van der Waals surface area contributed by atoms with Crippen LogP contribution in [0.3, 0.4) is 0 Å². The van der Waals surface area contributed by atoms with Gasteiger partial charge in [0.2, 0.25) is 11.8 Å². The van der Waals surface area contributed by atoms with E-state index in [-0.39, 0.29) is 22.9 Å². The molecule has 0 atom stereocenters. The zero-order valence-electron chi connectivity index (χ0n) is 21.3. The number of amides is 2. The maximum atomic E-state index is 15.2. The molecule has 0 spiro atoms. The summed E-state index contributed by atoms with van der Waals surface area (Å²) in [5, 5.41) is 9.49. The Morgan fingerprint density at radius 1 is 0.829 bits per heavy atom. The molecule has 0 radical (unpaired) electrons. The fourth-order valence-corrected chi connectivity index (χ4v) is 4.54. The number of rotatable bonds is 7. The summed E-state index contributed by atoms with van der Waals surface area (Å²) in [6.07, 6.45) is 3.83. The van der Waals surface area contributed by atoms with Gasteiger partial charge in [-0.15, -0.1) is 0 Å². The molecule has 8 nitrogen and oxygen atoms in total. The van der Waals surface area contributed by atoms with Gasteiger partial charge in [-0.25, -0.2) is 17.7 Å². The van der Waals surface area contributed by atoms with Gasteiger partial charge in [-0.3, -0.25) is 9.59 Å². The van der Waals surface area contributed by atoms with Crippen LogP contribution in [0.2, 0.25) is 0 Å². The van der Waals surface area contributed by atoms with E-state index in [4.69, 9.17) is 10.5 Å². The third kappa shape index (κ3) is 4.93. The molecule has 0 unspecified atom stereocenters. The summed E-state index contributed by atoms with van der Waals surface area (Å²) in [4.78, 5) is 25.8. The van der Waals surface area contributed by atoms with E-state index in [1.807, 2.05) is 0 Å². The number of carbonyl (C=O) groups excluding carboxylic acids is 2. The van der Waals surface area contributed by atoms with Crippen LogP contribution in [0.5, 0.6) is 11.5 Å². The monoisotopic (exact) mass is 557 g/mol. The number of nitrogens with zero attached hydrogens (tertiary/aromatic N) is 2. The number of nitrogens with two attached hydrogens (primary N) is 1. The van der Waals surface area contributed by atoms with Crippen molar-refractivity contribution >= 4 is 34.4 Å². The van der Waals surface area contributed by atoms with Crippen LogP contribution in [-0.2, 0) is 9.59 Å². The summed E-state index contributed by atoms with van der Waals surface area (Å²) < 4.78 is 49.5. The standard InChI is InChI=1S/C30H22F3N5O3/c31-18-2-4-19(5-3-18)36-28(39)30(11-12-30)29(40)37-20-6-8-25(23(33)16-20)41-26-9-13-35-38-14-10-21(27(26)38)17-1-7-22(32)24(34)15-17/h1-10,13-16H,11-12,34H2,(H,36,39)(H,37,40). The van der Waals surface area contributed by atoms with Crippen molar-refractivity contribution in [3.8, 4) is 22.6 Å². The van der Waals surface area contributed by atoms with E-state index in [0.717, 1.165) is 6.07 Å². The number of benzene rings is 3. The molecular formula is C30H22F3N5O3. The molecule has 1 saturated carbocycles. The molecule has 2 heterocycles. The second-order valence-electron chi connectivity index (χ2n) is 9.70. The zero-order valence-corrected chi connectivity index (χ0v) is 21.3. The Morgan fingerprint density at radius 2 is 1.54 bits per heavy atom. The minimum Gasteiger partial charge on any atom is -0.452 e. The second kappa shape index (κ2) is 10.0. The molecule has 1 fully saturated rings. The van der Waals surface area contributed by atoms with Crippen LogP contribution < -0.4 is 21.1 Å². The van der Waals surface area contributed by atoms with E-state index >= 15 is 4.39 Å². The van der Waals surface area contributed by atoms with Gasteiger partial charge in [-0.05, 0) is 73.0 Å². The zero-order chi connectivity index (χ0) is 28.7. The lowest BCUT2D eigenvalue weighted by molar-refractivity contribution is -0.131. The van der Waals surface area contributed by atoms with Crippen LogP contribution in [0, 0.1) is 22.9 Å². The Balaban J connectivity index is 1.20. The van der Waals surface area contributed by atoms with Crippen molar-refractivity contribution in [3.05, 3.63) is 103 Å². The van der Waals surface area contributed by atoms with Gasteiger partial charge in [0.1, 0.15) is 22.6 Å². The molecule has 0 aliphatic heterocycles. The summed E-state index contributed by atoms with van der Waals surface area (Å²) >= 11 is 0. The number of nitrogens with one attached hydrogen (secondary N) is 2. The van der Waals surface area contributed by atoms with Crippen LogP contribution in [0.25, 0.3) is 16.6 Å². The van der Waals surface area contributed by atoms with Crippen LogP contribution in [0.4, 0.5) is 30.2 Å². The van der Waals surface area contributed by atoms with Gasteiger partial charge in [0.15, 0.2) is 17.3 Å². The first-order valence-electron chi connectivity index (χ1n) is 12.6. The van der Waals surface area contributed by atoms with E-state index in [0.29, 0.717) is 35.2 Å². The molecule has 3 aromatic carbocycles. The number of ether oxygens (including phenoxy) is 1. The van der Waals surface area contributed by atoms with Gasteiger partial charge in [0, 0.05) is 35.3 Å². The molecule has 0 saturated heterocycles. The quantitative estimate of drug-likeness (QED) is 0.164. The van der Waals surface area contributed by atoms with Crippen molar-refractivity contribution in [2.45, 2.75) is 12.8 Å². The first-order chi connectivity index (χ1) is 19.7. The minimum absolute atomic E-state index is 0.0159. The van der Waals surface area contributed by atoms with E-state index < -0.39 is 34.7 Å². The largest absolute Gasteiger partial charge is 0.452 e. The second-order valence-corrected chi connectivity index (χ2v) is 9.70. The van der Waals surface area contributed by atoms with Gasteiger partial charge in [-0.2, -0.15) is 5.10 Å². The highest BCUT2D eigenvalue weighted by atomic mass is 19.1. The average Bonchev–Trinajstić information content (AvgIpc) is 3.66. The number of halogens is 3. The van der Waals surface area contributed by atoms with Gasteiger partial charge < -0.3 is 21.1 Å². The molecule has 1 aliphatic rings. The summed E-state index contributed by atoms with van der Waals surface area (Å²) in [5.74, 6) is -2.66. The molecule has 4 N–H and O–H groups in total. The normalized spacial score (nSPS) is 13.5. The van der Waals surface area contributed by atoms with Crippen molar-refractivity contribution in [1.29, 1.82) is 0 Å². The molecule has 206 valence electrons. The molecule has 41 heavy (non-hydrogen) atoms. The molecule has 0 bridgehead atoms. The number of nitrogen functional groups attached to an aromatic ring is 1. The highest BCUT2D eigenvalue weighted by Crippen LogP contribution is 2.47. The maximum absolute atomic E-state index is 15.2. The summed E-state index contributed by atoms with van der Waals surface area (Å²) in [7, 11) is 0. The first kappa shape index (κ1) is 25.9. The van der Waals surface area contributed by atoms with Crippen LogP contribution in [0.1, 0.15) is 12.8 Å². The summed E-state index contributed by atoms with van der Waals surface area (Å²) in [6.45, 7) is 0. The average molecular weight is 558 g/mol. The predicted octanol–water partition coefficient (Wildman–Crippen LogP) is 6.15. The Labute approximate surface area is 231 Å². The van der Waals surface area contributed by atoms with Crippen molar-refractivity contribution < 1.29 is 27.5 Å². The molecule has 6 rings (SSSR count). The molecule has 11 heteroatoms. The van der Waals surface area contributed by atoms with Crippen LogP contribution >= 0.6 is 0 Å². The number of hydrogen-bond donors (Lipinski definition) is 3. The van der Waals surface area contributed by atoms with Crippen LogP contribution in [-0.4, -0.2) is 21.4 Å². The molecule has 2 amide bonds. The maximum Gasteiger partial charge on any atom is 0.240 e. The van der Waals surface area contributed by atoms with E-state index in [1.165, 1.54) is 54.7 Å². The van der Waals surface area contributed by atoms with Crippen LogP contribution in [0.15, 0.2) is 85.2 Å². The Kier molecular flexibility index (Phi) is 6.33. The number of aromatic nitrogens is 2. The lowest BCUT2D eigenvalue weighted by Gasteiger charge is -2.16. The van der Waals surface area contributed by atoms with Crippen molar-refractivity contribution in [2.75, 3.05) is 16.4 Å². The Bertz CT molecular complexity index is 1820. The highest BCUT2D eigenvalue weighted by Gasteiger charge is 2.56. The smallest absolute Gasteiger partial charge is 0.240 e. The van der Waals surface area contributed by atoms with Crippen molar-refractivity contribution in [1.82, 2.24) is 9.61 Å². The van der Waals surface area contributed by atoms with Gasteiger partial charge >= 0.3 is 0 Å². The number of hydrogen-bond acceptors (Lipinski definition) is 5. The van der Waals surface area contributed by atoms with Gasteiger partial charge in [-0.1, -0.05) is 6.07 Å². The number of fused-ring (bicyclic) bond motifs is 1. The minimum atomic E-state index is -1.29. The van der Waals surface area contributed by atoms with E-state index in [1.54, 1.807) is 28.9 Å². The SMILES string of the molecule is Nc1cc(-c2ccn3nccc(Oc4ccc(NC(=O)C5(C(=O)Nc6ccc(F)cc6)CC5)cc4F)c23)ccc1F. The Hall–Kier alpha value is -5.32. The lowest BCUT2D eigenvalue weighted by Crippen LogP contribution is -2.35. The fourth-order valence-electron chi connectivity index (χ4n) is 4.54. The molecule has 2 aromatic heterocycles. The molecule has 1 aliphatic carbocycles.